The summed E-state index contributed by atoms with van der Waals surface area (Å²) in [5.41, 5.74) is 0. The highest BCUT2D eigenvalue weighted by Gasteiger charge is 2.35. The molecule has 2 aliphatic heterocycles. The Bertz CT molecular complexity index is 408. The average molecular weight is 463 g/mol. The summed E-state index contributed by atoms with van der Waals surface area (Å²) in [6.07, 6.45) is 5.72. The number of likely N-dealkylation sites (N-methyl/N-ethyl adjacent to an activating group) is 1. The largest absolute Gasteiger partial charge is 0.355 e. The number of guanidine groups is 1. The van der Waals surface area contributed by atoms with E-state index < -0.39 is 0 Å². The van der Waals surface area contributed by atoms with Crippen molar-refractivity contribution in [2.75, 3.05) is 59.4 Å². The summed E-state index contributed by atoms with van der Waals surface area (Å²) in [4.78, 5) is 12.3. The number of fused-ring (bicyclic) bond motifs is 1. The van der Waals surface area contributed by atoms with E-state index in [1.165, 1.54) is 71.5 Å². The van der Waals surface area contributed by atoms with E-state index >= 15 is 0 Å². The van der Waals surface area contributed by atoms with Gasteiger partial charge in [-0.15, -0.1) is 24.0 Å². The number of piperazine rings is 1. The van der Waals surface area contributed by atoms with E-state index in [2.05, 4.69) is 38.9 Å². The van der Waals surface area contributed by atoms with E-state index in [0.717, 1.165) is 24.3 Å². The maximum absolute atomic E-state index is 4.58. The van der Waals surface area contributed by atoms with Gasteiger partial charge in [0.05, 0.1) is 0 Å². The van der Waals surface area contributed by atoms with Gasteiger partial charge in [-0.1, -0.05) is 19.8 Å². The lowest BCUT2D eigenvalue weighted by atomic mass is 9.82. The quantitative estimate of drug-likeness (QED) is 0.394. The Hall–Kier alpha value is -0.0800. The van der Waals surface area contributed by atoms with Gasteiger partial charge in [0.1, 0.15) is 0 Å². The molecule has 1 N–H and O–H groups in total. The molecule has 0 bridgehead atoms. The van der Waals surface area contributed by atoms with Crippen molar-refractivity contribution in [2.24, 2.45) is 16.8 Å². The molecule has 0 aromatic carbocycles. The fraction of sp³-hybridized carbons (Fsp3) is 0.947. The Morgan fingerprint density at radius 2 is 1.68 bits per heavy atom. The summed E-state index contributed by atoms with van der Waals surface area (Å²) < 4.78 is 0. The van der Waals surface area contributed by atoms with Gasteiger partial charge >= 0.3 is 0 Å². The molecule has 3 rings (SSSR count). The number of hydrogen-bond donors (Lipinski definition) is 1. The first-order chi connectivity index (χ1) is 11.7. The van der Waals surface area contributed by atoms with Gasteiger partial charge in [0, 0.05) is 58.9 Å². The molecule has 5 nitrogen and oxygen atoms in total. The number of nitrogens with zero attached hydrogens (tertiary/aromatic N) is 4. The lowest BCUT2D eigenvalue weighted by Crippen LogP contribution is -2.53. The van der Waals surface area contributed by atoms with Gasteiger partial charge in [0.2, 0.25) is 0 Å². The number of hydrogen-bond acceptors (Lipinski definition) is 3. The molecule has 2 saturated heterocycles. The molecular formula is C19H38IN5. The number of rotatable bonds is 4. The van der Waals surface area contributed by atoms with Crippen LogP contribution in [0.3, 0.4) is 0 Å². The van der Waals surface area contributed by atoms with E-state index in [9.17, 15) is 0 Å². The molecule has 2 heterocycles. The summed E-state index contributed by atoms with van der Waals surface area (Å²) >= 11 is 0. The van der Waals surface area contributed by atoms with E-state index in [1.54, 1.807) is 0 Å². The van der Waals surface area contributed by atoms with Crippen molar-refractivity contribution in [2.45, 2.75) is 45.6 Å². The van der Waals surface area contributed by atoms with Crippen LogP contribution in [0.25, 0.3) is 0 Å². The van der Waals surface area contributed by atoms with Crippen LogP contribution in [0.2, 0.25) is 0 Å². The second-order valence-electron chi connectivity index (χ2n) is 7.96. The SMILES string of the molecule is CCN1CCN(C(C)CNC(=NC)N2CC3CCCCC3C2)CC1.I. The molecule has 0 aromatic rings. The second kappa shape index (κ2) is 10.3. The predicted molar refractivity (Wildman–Crippen MR) is 117 cm³/mol. The smallest absolute Gasteiger partial charge is 0.193 e. The molecule has 25 heavy (non-hydrogen) atoms. The minimum Gasteiger partial charge on any atom is -0.355 e. The summed E-state index contributed by atoms with van der Waals surface area (Å²) in [5, 5.41) is 3.66. The highest BCUT2D eigenvalue weighted by Crippen LogP contribution is 2.35. The molecule has 1 aliphatic carbocycles. The highest BCUT2D eigenvalue weighted by atomic mass is 127. The molecule has 0 spiro atoms. The number of likely N-dealkylation sites (tertiary alicyclic amines) is 1. The molecule has 0 radical (unpaired) electrons. The van der Waals surface area contributed by atoms with Gasteiger partial charge < -0.3 is 15.1 Å². The molecule has 6 heteroatoms. The maximum Gasteiger partial charge on any atom is 0.193 e. The second-order valence-corrected chi connectivity index (χ2v) is 7.96. The Morgan fingerprint density at radius 3 is 2.20 bits per heavy atom. The zero-order valence-electron chi connectivity index (χ0n) is 16.4. The topological polar surface area (TPSA) is 34.1 Å². The van der Waals surface area contributed by atoms with E-state index in [-0.39, 0.29) is 24.0 Å². The number of aliphatic imine (C=N–C) groups is 1. The van der Waals surface area contributed by atoms with Gasteiger partial charge in [0.25, 0.3) is 0 Å². The highest BCUT2D eigenvalue weighted by molar-refractivity contribution is 14.0. The Balaban J connectivity index is 0.00000225. The van der Waals surface area contributed by atoms with Crippen LogP contribution in [-0.4, -0.2) is 86.1 Å². The predicted octanol–water partition coefficient (Wildman–Crippen LogP) is 2.33. The molecule has 146 valence electrons. The van der Waals surface area contributed by atoms with Gasteiger partial charge in [0.15, 0.2) is 5.96 Å². The number of halogens is 1. The zero-order chi connectivity index (χ0) is 16.9. The number of nitrogens with one attached hydrogen (secondary N) is 1. The monoisotopic (exact) mass is 463 g/mol. The lowest BCUT2D eigenvalue weighted by molar-refractivity contribution is 0.107. The third kappa shape index (κ3) is 5.45. The third-order valence-corrected chi connectivity index (χ3v) is 6.52. The van der Waals surface area contributed by atoms with Crippen LogP contribution in [0, 0.1) is 11.8 Å². The van der Waals surface area contributed by atoms with Crippen molar-refractivity contribution in [1.29, 1.82) is 0 Å². The van der Waals surface area contributed by atoms with Crippen LogP contribution < -0.4 is 5.32 Å². The van der Waals surface area contributed by atoms with Crippen molar-refractivity contribution < 1.29 is 0 Å². The normalized spacial score (nSPS) is 29.9. The first-order valence-corrected chi connectivity index (χ1v) is 10.1. The molecule has 3 fully saturated rings. The molecule has 1 saturated carbocycles. The van der Waals surface area contributed by atoms with Crippen LogP contribution in [-0.2, 0) is 0 Å². The van der Waals surface area contributed by atoms with E-state index in [4.69, 9.17) is 0 Å². The molecule has 0 aromatic heterocycles. The lowest BCUT2D eigenvalue weighted by Gasteiger charge is -2.38. The van der Waals surface area contributed by atoms with Gasteiger partial charge in [-0.25, -0.2) is 0 Å². The van der Waals surface area contributed by atoms with Crippen LogP contribution in [0.15, 0.2) is 4.99 Å². The Morgan fingerprint density at radius 1 is 1.08 bits per heavy atom. The van der Waals surface area contributed by atoms with Crippen molar-refractivity contribution in [3.05, 3.63) is 0 Å². The Kier molecular flexibility index (Phi) is 8.75. The van der Waals surface area contributed by atoms with Gasteiger partial charge in [-0.05, 0) is 38.1 Å². The van der Waals surface area contributed by atoms with Crippen LogP contribution in [0.5, 0.6) is 0 Å². The van der Waals surface area contributed by atoms with Crippen LogP contribution in [0.4, 0.5) is 0 Å². The van der Waals surface area contributed by atoms with Crippen LogP contribution in [0.1, 0.15) is 39.5 Å². The first-order valence-electron chi connectivity index (χ1n) is 10.1. The first kappa shape index (κ1) is 21.2. The summed E-state index contributed by atoms with van der Waals surface area (Å²) in [6.45, 7) is 14.1. The maximum atomic E-state index is 4.58. The molecule has 0 amide bonds. The molecule has 3 aliphatic rings. The van der Waals surface area contributed by atoms with E-state index in [0.29, 0.717) is 6.04 Å². The molecule has 3 atom stereocenters. The average Bonchev–Trinajstić information content (AvgIpc) is 3.06. The third-order valence-electron chi connectivity index (χ3n) is 6.52. The van der Waals surface area contributed by atoms with Crippen molar-refractivity contribution in [3.8, 4) is 0 Å². The van der Waals surface area contributed by atoms with Crippen molar-refractivity contribution in [1.82, 2.24) is 20.0 Å². The summed E-state index contributed by atoms with van der Waals surface area (Å²) in [6, 6.07) is 0.575. The van der Waals surface area contributed by atoms with Crippen molar-refractivity contribution >= 4 is 29.9 Å². The fourth-order valence-electron chi connectivity index (χ4n) is 4.80. The van der Waals surface area contributed by atoms with Crippen molar-refractivity contribution in [3.63, 3.8) is 0 Å². The minimum atomic E-state index is 0. The van der Waals surface area contributed by atoms with Gasteiger partial charge in [-0.3, -0.25) is 9.89 Å². The van der Waals surface area contributed by atoms with Crippen LogP contribution >= 0.6 is 24.0 Å². The minimum absolute atomic E-state index is 0. The zero-order valence-corrected chi connectivity index (χ0v) is 18.7. The Labute approximate surface area is 171 Å². The molecular weight excluding hydrogens is 425 g/mol. The standard InChI is InChI=1S/C19H37N5.HI/c1-4-22-9-11-23(12-10-22)16(2)13-21-19(20-3)24-14-17-7-5-6-8-18(17)15-24;/h16-18H,4-15H2,1-3H3,(H,20,21);1H. The summed E-state index contributed by atoms with van der Waals surface area (Å²) in [7, 11) is 1.94. The van der Waals surface area contributed by atoms with E-state index in [1.807, 2.05) is 7.05 Å². The summed E-state index contributed by atoms with van der Waals surface area (Å²) in [5.74, 6) is 2.96. The van der Waals surface area contributed by atoms with Gasteiger partial charge in [-0.2, -0.15) is 0 Å². The fourth-order valence-corrected chi connectivity index (χ4v) is 4.80. The molecule has 3 unspecified atom stereocenters.